The first-order valence-electron chi connectivity index (χ1n) is 12.5. The maximum absolute atomic E-state index is 14.0. The number of anilines is 1. The van der Waals surface area contributed by atoms with Gasteiger partial charge in [-0.15, -0.1) is 0 Å². The summed E-state index contributed by atoms with van der Waals surface area (Å²) in [7, 11) is -2.83. The minimum atomic E-state index is -4.24. The highest BCUT2D eigenvalue weighted by Gasteiger charge is 2.33. The molecular formula is C29H34ClN3O5S. The third-order valence-electron chi connectivity index (χ3n) is 6.29. The number of hydrogen-bond acceptors (Lipinski definition) is 5. The molecule has 10 heteroatoms. The van der Waals surface area contributed by atoms with Crippen LogP contribution in [0.25, 0.3) is 0 Å². The fraction of sp³-hybridized carbons (Fsp3) is 0.310. The zero-order valence-electron chi connectivity index (χ0n) is 22.8. The van der Waals surface area contributed by atoms with Crippen molar-refractivity contribution in [2.75, 3.05) is 24.5 Å². The standard InChI is InChI=1S/C29H34ClN3O5S/c1-6-31-29(35)22(4)32(18-23-11-7-20(2)8-12-23)28(34)19-33(26-17-24(30)13-16-27(26)38-5)39(36,37)25-14-9-21(3)10-15-25/h7-17,22H,6,18-19H2,1-5H3,(H,31,35)/t22-/m1/s1. The fourth-order valence-corrected chi connectivity index (χ4v) is 5.59. The van der Waals surface area contributed by atoms with Crippen molar-refractivity contribution in [2.24, 2.45) is 0 Å². The van der Waals surface area contributed by atoms with Crippen molar-refractivity contribution in [3.63, 3.8) is 0 Å². The van der Waals surface area contributed by atoms with Crippen LogP contribution in [0.2, 0.25) is 5.02 Å². The molecule has 0 spiro atoms. The molecule has 0 fully saturated rings. The molecule has 0 bridgehead atoms. The monoisotopic (exact) mass is 571 g/mol. The van der Waals surface area contributed by atoms with Crippen molar-refractivity contribution in [1.82, 2.24) is 10.2 Å². The van der Waals surface area contributed by atoms with Crippen LogP contribution in [0.3, 0.4) is 0 Å². The SMILES string of the molecule is CCNC(=O)[C@@H](C)N(Cc1ccc(C)cc1)C(=O)CN(c1cc(Cl)ccc1OC)S(=O)(=O)c1ccc(C)cc1. The zero-order chi connectivity index (χ0) is 28.7. The number of amides is 2. The van der Waals surface area contributed by atoms with E-state index in [2.05, 4.69) is 5.32 Å². The number of carbonyl (C=O) groups excluding carboxylic acids is 2. The van der Waals surface area contributed by atoms with Crippen molar-refractivity contribution in [3.05, 3.63) is 88.4 Å². The van der Waals surface area contributed by atoms with Gasteiger partial charge in [0.2, 0.25) is 11.8 Å². The van der Waals surface area contributed by atoms with Crippen molar-refractivity contribution >= 4 is 39.1 Å². The summed E-state index contributed by atoms with van der Waals surface area (Å²) in [6.07, 6.45) is 0. The van der Waals surface area contributed by atoms with E-state index >= 15 is 0 Å². The molecule has 2 amide bonds. The van der Waals surface area contributed by atoms with E-state index in [-0.39, 0.29) is 33.8 Å². The van der Waals surface area contributed by atoms with Crippen LogP contribution in [-0.2, 0) is 26.2 Å². The number of sulfonamides is 1. The largest absolute Gasteiger partial charge is 0.495 e. The predicted molar refractivity (Wildman–Crippen MR) is 154 cm³/mol. The lowest BCUT2D eigenvalue weighted by Crippen LogP contribution is -2.51. The Labute approximate surface area is 235 Å². The first-order valence-corrected chi connectivity index (χ1v) is 14.4. The predicted octanol–water partition coefficient (Wildman–Crippen LogP) is 4.71. The molecule has 3 aromatic rings. The van der Waals surface area contributed by atoms with Gasteiger partial charge in [-0.2, -0.15) is 0 Å². The Balaban J connectivity index is 2.09. The van der Waals surface area contributed by atoms with Gasteiger partial charge in [0.15, 0.2) is 0 Å². The average Bonchev–Trinajstić information content (AvgIpc) is 2.91. The second-order valence-corrected chi connectivity index (χ2v) is 11.5. The number of carbonyl (C=O) groups is 2. The second-order valence-electron chi connectivity index (χ2n) is 9.22. The molecule has 0 saturated heterocycles. The topological polar surface area (TPSA) is 96.0 Å². The molecule has 3 aromatic carbocycles. The zero-order valence-corrected chi connectivity index (χ0v) is 24.3. The van der Waals surface area contributed by atoms with Gasteiger partial charge in [-0.1, -0.05) is 59.1 Å². The van der Waals surface area contributed by atoms with E-state index in [0.29, 0.717) is 6.54 Å². The Hall–Kier alpha value is -3.56. The average molecular weight is 572 g/mol. The van der Waals surface area contributed by atoms with E-state index in [9.17, 15) is 18.0 Å². The quantitative estimate of drug-likeness (QED) is 0.359. The maximum atomic E-state index is 14.0. The molecule has 8 nitrogen and oxygen atoms in total. The second kappa shape index (κ2) is 13.0. The molecule has 3 rings (SSSR count). The van der Waals surface area contributed by atoms with Gasteiger partial charge in [0.1, 0.15) is 18.3 Å². The molecule has 39 heavy (non-hydrogen) atoms. The fourth-order valence-electron chi connectivity index (χ4n) is 4.00. The molecule has 0 aromatic heterocycles. The van der Waals surface area contributed by atoms with Crippen LogP contribution in [0.1, 0.15) is 30.5 Å². The smallest absolute Gasteiger partial charge is 0.264 e. The van der Waals surface area contributed by atoms with E-state index in [4.69, 9.17) is 16.3 Å². The van der Waals surface area contributed by atoms with Gasteiger partial charge in [0, 0.05) is 18.1 Å². The number of halogens is 1. The minimum Gasteiger partial charge on any atom is -0.495 e. The van der Waals surface area contributed by atoms with E-state index in [1.807, 2.05) is 38.1 Å². The number of rotatable bonds is 11. The lowest BCUT2D eigenvalue weighted by Gasteiger charge is -2.32. The highest BCUT2D eigenvalue weighted by molar-refractivity contribution is 7.92. The Bertz CT molecular complexity index is 1410. The summed E-state index contributed by atoms with van der Waals surface area (Å²) in [5.74, 6) is -0.678. The van der Waals surface area contributed by atoms with Crippen molar-refractivity contribution in [3.8, 4) is 5.75 Å². The lowest BCUT2D eigenvalue weighted by molar-refractivity contribution is -0.139. The number of nitrogens with one attached hydrogen (secondary N) is 1. The van der Waals surface area contributed by atoms with Crippen molar-refractivity contribution < 1.29 is 22.7 Å². The van der Waals surface area contributed by atoms with Gasteiger partial charge in [0.25, 0.3) is 10.0 Å². The van der Waals surface area contributed by atoms with E-state index in [1.54, 1.807) is 38.1 Å². The first-order chi connectivity index (χ1) is 18.5. The van der Waals surface area contributed by atoms with Gasteiger partial charge in [0.05, 0.1) is 17.7 Å². The summed E-state index contributed by atoms with van der Waals surface area (Å²) in [4.78, 5) is 28.1. The molecule has 1 N–H and O–H groups in total. The number of methoxy groups -OCH3 is 1. The molecule has 0 unspecified atom stereocenters. The van der Waals surface area contributed by atoms with Crippen LogP contribution in [0, 0.1) is 13.8 Å². The Morgan fingerprint density at radius 3 is 2.13 bits per heavy atom. The number of likely N-dealkylation sites (N-methyl/N-ethyl adjacent to an activating group) is 1. The molecule has 1 atom stereocenters. The van der Waals surface area contributed by atoms with Crippen LogP contribution >= 0.6 is 11.6 Å². The summed E-state index contributed by atoms with van der Waals surface area (Å²) >= 11 is 6.26. The molecule has 0 aliphatic heterocycles. The van der Waals surface area contributed by atoms with Crippen LogP contribution in [0.4, 0.5) is 5.69 Å². The molecule has 0 heterocycles. The van der Waals surface area contributed by atoms with E-state index in [0.717, 1.165) is 21.0 Å². The Morgan fingerprint density at radius 1 is 0.974 bits per heavy atom. The van der Waals surface area contributed by atoms with Gasteiger partial charge in [-0.05, 0) is 63.6 Å². The van der Waals surface area contributed by atoms with Crippen LogP contribution in [0.5, 0.6) is 5.75 Å². The molecular weight excluding hydrogens is 538 g/mol. The highest BCUT2D eigenvalue weighted by atomic mass is 35.5. The highest BCUT2D eigenvalue weighted by Crippen LogP contribution is 2.35. The van der Waals surface area contributed by atoms with Crippen LogP contribution in [0.15, 0.2) is 71.6 Å². The van der Waals surface area contributed by atoms with E-state index in [1.165, 1.54) is 30.2 Å². The van der Waals surface area contributed by atoms with Crippen molar-refractivity contribution in [2.45, 2.75) is 45.2 Å². The number of hydrogen-bond donors (Lipinski definition) is 1. The maximum Gasteiger partial charge on any atom is 0.264 e. The number of nitrogens with zero attached hydrogens (tertiary/aromatic N) is 2. The summed E-state index contributed by atoms with van der Waals surface area (Å²) in [5.41, 5.74) is 2.85. The molecule has 0 saturated carbocycles. The van der Waals surface area contributed by atoms with Crippen LogP contribution in [-0.4, -0.2) is 51.4 Å². The molecule has 0 aliphatic carbocycles. The van der Waals surface area contributed by atoms with Crippen LogP contribution < -0.4 is 14.4 Å². The summed E-state index contributed by atoms with van der Waals surface area (Å²) < 4.78 is 34.3. The number of ether oxygens (including phenoxy) is 1. The van der Waals surface area contributed by atoms with E-state index < -0.39 is 28.5 Å². The third kappa shape index (κ3) is 7.30. The molecule has 0 radical (unpaired) electrons. The van der Waals surface area contributed by atoms with Gasteiger partial charge >= 0.3 is 0 Å². The van der Waals surface area contributed by atoms with Gasteiger partial charge in [-0.3, -0.25) is 13.9 Å². The Kier molecular flexibility index (Phi) is 9.99. The first kappa shape index (κ1) is 30.0. The third-order valence-corrected chi connectivity index (χ3v) is 8.30. The lowest BCUT2D eigenvalue weighted by atomic mass is 10.1. The van der Waals surface area contributed by atoms with Gasteiger partial charge in [-0.25, -0.2) is 8.42 Å². The summed E-state index contributed by atoms with van der Waals surface area (Å²) in [6, 6.07) is 17.6. The number of benzene rings is 3. The molecule has 208 valence electrons. The summed E-state index contributed by atoms with van der Waals surface area (Å²) in [6.45, 7) is 7.14. The normalized spacial score (nSPS) is 11.9. The summed E-state index contributed by atoms with van der Waals surface area (Å²) in [5, 5.41) is 3.02. The number of aryl methyl sites for hydroxylation is 2. The van der Waals surface area contributed by atoms with Crippen molar-refractivity contribution in [1.29, 1.82) is 0 Å². The van der Waals surface area contributed by atoms with Gasteiger partial charge < -0.3 is 15.0 Å². The molecule has 0 aliphatic rings. The Morgan fingerprint density at radius 2 is 1.56 bits per heavy atom. The minimum absolute atomic E-state index is 0.00443.